The molecule has 1 aliphatic rings. The van der Waals surface area contributed by atoms with E-state index in [2.05, 4.69) is 11.9 Å². The number of thiocarbonyl (C=S) groups is 1. The predicted octanol–water partition coefficient (Wildman–Crippen LogP) is 3.23. The van der Waals surface area contributed by atoms with E-state index in [0.29, 0.717) is 29.4 Å². The number of hydrogen-bond donors (Lipinski definition) is 1. The molecule has 29 heavy (non-hydrogen) atoms. The molecule has 1 heterocycles. The van der Waals surface area contributed by atoms with Gasteiger partial charge in [0.25, 0.3) is 11.8 Å². The molecule has 2 aromatic carbocycles. The molecule has 0 atom stereocenters. The Morgan fingerprint density at radius 1 is 1.17 bits per heavy atom. The highest BCUT2D eigenvalue weighted by Gasteiger charge is 2.34. The maximum atomic E-state index is 13.2. The van der Waals surface area contributed by atoms with Crippen LogP contribution in [0.2, 0.25) is 0 Å². The molecule has 0 radical (unpaired) electrons. The average Bonchev–Trinajstić information content (AvgIpc) is 2.71. The van der Waals surface area contributed by atoms with Crippen LogP contribution in [0.5, 0.6) is 11.5 Å². The smallest absolute Gasteiger partial charge is 0.270 e. The number of carbonyl (C=O) groups is 2. The molecule has 2 amide bonds. The van der Waals surface area contributed by atoms with E-state index < -0.39 is 17.6 Å². The average molecular weight is 412 g/mol. The highest BCUT2D eigenvalue weighted by atomic mass is 32.1. The minimum absolute atomic E-state index is 0.0745. The van der Waals surface area contributed by atoms with Crippen LogP contribution in [0, 0.1) is 5.82 Å². The third-order valence-electron chi connectivity index (χ3n) is 4.04. The fourth-order valence-electron chi connectivity index (χ4n) is 2.69. The molecular weight excluding hydrogens is 395 g/mol. The third kappa shape index (κ3) is 4.33. The van der Waals surface area contributed by atoms with Crippen LogP contribution in [0.25, 0.3) is 6.08 Å². The minimum atomic E-state index is -0.621. The van der Waals surface area contributed by atoms with Crippen molar-refractivity contribution in [2.75, 3.05) is 18.6 Å². The maximum Gasteiger partial charge on any atom is 0.270 e. The third-order valence-corrected chi connectivity index (χ3v) is 4.33. The molecule has 0 aromatic heterocycles. The number of rotatable bonds is 6. The number of halogens is 1. The molecule has 0 aliphatic carbocycles. The molecule has 1 fully saturated rings. The van der Waals surface area contributed by atoms with Gasteiger partial charge >= 0.3 is 0 Å². The quantitative estimate of drug-likeness (QED) is 0.342. The van der Waals surface area contributed by atoms with Crippen LogP contribution in [0.3, 0.4) is 0 Å². The number of hydrogen-bond acceptors (Lipinski definition) is 5. The summed E-state index contributed by atoms with van der Waals surface area (Å²) in [4.78, 5) is 26.5. The summed E-state index contributed by atoms with van der Waals surface area (Å²) < 4.78 is 24.0. The summed E-state index contributed by atoms with van der Waals surface area (Å²) in [5.41, 5.74) is 0.779. The highest BCUT2D eigenvalue weighted by molar-refractivity contribution is 7.80. The summed E-state index contributed by atoms with van der Waals surface area (Å²) >= 11 is 5.12. The Balaban J connectivity index is 1.96. The molecule has 2 aromatic rings. The SMILES string of the molecule is C=CCOc1ccc(/C=C2/C(=O)NC(=S)N(c3ccc(F)cc3)C2=O)cc1OC. The molecule has 8 heteroatoms. The van der Waals surface area contributed by atoms with Crippen molar-refractivity contribution in [3.8, 4) is 11.5 Å². The fraction of sp³-hybridized carbons (Fsp3) is 0.0952. The molecule has 0 unspecified atom stereocenters. The zero-order chi connectivity index (χ0) is 21.0. The van der Waals surface area contributed by atoms with Crippen molar-refractivity contribution in [3.05, 3.63) is 72.1 Å². The minimum Gasteiger partial charge on any atom is -0.493 e. The van der Waals surface area contributed by atoms with Gasteiger partial charge in [-0.1, -0.05) is 18.7 Å². The predicted molar refractivity (Wildman–Crippen MR) is 111 cm³/mol. The van der Waals surface area contributed by atoms with Gasteiger partial charge in [0.05, 0.1) is 12.8 Å². The van der Waals surface area contributed by atoms with Crippen LogP contribution >= 0.6 is 12.2 Å². The standard InChI is InChI=1S/C21H17FN2O4S/c1-3-10-28-17-9-4-13(12-18(17)27-2)11-16-19(25)23-21(29)24(20(16)26)15-7-5-14(22)6-8-15/h3-9,11-12H,1,10H2,2H3,(H,23,25,29)/b16-11-. The highest BCUT2D eigenvalue weighted by Crippen LogP contribution is 2.30. The summed E-state index contributed by atoms with van der Waals surface area (Å²) in [6.07, 6.45) is 3.03. The van der Waals surface area contributed by atoms with Crippen molar-refractivity contribution < 1.29 is 23.5 Å². The lowest BCUT2D eigenvalue weighted by atomic mass is 10.1. The first-order valence-corrected chi connectivity index (χ1v) is 8.94. The second-order valence-corrected chi connectivity index (χ2v) is 6.33. The summed E-state index contributed by atoms with van der Waals surface area (Å²) in [7, 11) is 1.49. The van der Waals surface area contributed by atoms with Gasteiger partial charge in [0.1, 0.15) is 18.0 Å². The summed E-state index contributed by atoms with van der Waals surface area (Å²) in [5.74, 6) is -0.741. The van der Waals surface area contributed by atoms with E-state index in [9.17, 15) is 14.0 Å². The molecule has 0 bridgehead atoms. The Morgan fingerprint density at radius 2 is 1.90 bits per heavy atom. The monoisotopic (exact) mass is 412 g/mol. The van der Waals surface area contributed by atoms with Crippen LogP contribution in [0.4, 0.5) is 10.1 Å². The number of carbonyl (C=O) groups excluding carboxylic acids is 2. The Bertz CT molecular complexity index is 1020. The molecule has 0 spiro atoms. The van der Waals surface area contributed by atoms with Crippen LogP contribution in [-0.2, 0) is 9.59 Å². The number of nitrogens with zero attached hydrogens (tertiary/aromatic N) is 1. The van der Waals surface area contributed by atoms with Crippen molar-refractivity contribution in [2.45, 2.75) is 0 Å². The lowest BCUT2D eigenvalue weighted by Crippen LogP contribution is -2.54. The number of methoxy groups -OCH3 is 1. The van der Waals surface area contributed by atoms with Gasteiger partial charge in [-0.25, -0.2) is 4.39 Å². The number of benzene rings is 2. The second kappa shape index (κ2) is 8.66. The molecule has 0 saturated carbocycles. The summed E-state index contributed by atoms with van der Waals surface area (Å²) in [6.45, 7) is 3.90. The Kier molecular flexibility index (Phi) is 6.04. The second-order valence-electron chi connectivity index (χ2n) is 5.94. The van der Waals surface area contributed by atoms with Crippen LogP contribution < -0.4 is 19.7 Å². The zero-order valence-corrected chi connectivity index (χ0v) is 16.3. The van der Waals surface area contributed by atoms with Crippen LogP contribution in [0.15, 0.2) is 60.7 Å². The first-order valence-electron chi connectivity index (χ1n) is 8.53. The molecule has 6 nitrogen and oxygen atoms in total. The van der Waals surface area contributed by atoms with E-state index in [1.807, 2.05) is 0 Å². The van der Waals surface area contributed by atoms with Gasteiger partial charge in [-0.3, -0.25) is 19.8 Å². The van der Waals surface area contributed by atoms with Crippen molar-refractivity contribution >= 4 is 40.9 Å². The summed E-state index contributed by atoms with van der Waals surface area (Å²) in [5, 5.41) is 2.41. The molecule has 1 saturated heterocycles. The van der Waals surface area contributed by atoms with E-state index in [1.165, 1.54) is 37.5 Å². The van der Waals surface area contributed by atoms with E-state index in [-0.39, 0.29) is 10.7 Å². The van der Waals surface area contributed by atoms with Crippen molar-refractivity contribution in [2.24, 2.45) is 0 Å². The first-order chi connectivity index (χ1) is 13.9. The first kappa shape index (κ1) is 20.2. The number of nitrogens with one attached hydrogen (secondary N) is 1. The molecule has 3 rings (SSSR count). The van der Waals surface area contributed by atoms with Gasteiger partial charge in [-0.15, -0.1) is 0 Å². The van der Waals surface area contributed by atoms with Crippen LogP contribution in [0.1, 0.15) is 5.56 Å². The molecule has 1 aliphatic heterocycles. The van der Waals surface area contributed by atoms with Gasteiger partial charge in [0.15, 0.2) is 16.6 Å². The van der Waals surface area contributed by atoms with E-state index in [1.54, 1.807) is 24.3 Å². The molecule has 148 valence electrons. The molecular formula is C21H17FN2O4S. The summed E-state index contributed by atoms with van der Waals surface area (Å²) in [6, 6.07) is 10.2. The number of ether oxygens (including phenoxy) is 2. The van der Waals surface area contributed by atoms with Gasteiger partial charge in [0, 0.05) is 0 Å². The largest absolute Gasteiger partial charge is 0.493 e. The van der Waals surface area contributed by atoms with E-state index in [4.69, 9.17) is 21.7 Å². The lowest BCUT2D eigenvalue weighted by molar-refractivity contribution is -0.122. The molecule has 1 N–H and O–H groups in total. The Labute approximate surface area is 172 Å². The van der Waals surface area contributed by atoms with Gasteiger partial charge in [-0.2, -0.15) is 0 Å². The van der Waals surface area contributed by atoms with E-state index in [0.717, 1.165) is 4.90 Å². The fourth-order valence-corrected chi connectivity index (χ4v) is 2.97. The van der Waals surface area contributed by atoms with Crippen molar-refractivity contribution in [3.63, 3.8) is 0 Å². The van der Waals surface area contributed by atoms with Crippen LogP contribution in [-0.4, -0.2) is 30.6 Å². The number of amides is 2. The topological polar surface area (TPSA) is 67.9 Å². The Morgan fingerprint density at radius 3 is 2.55 bits per heavy atom. The van der Waals surface area contributed by atoms with Crippen molar-refractivity contribution in [1.82, 2.24) is 5.32 Å². The Hall–Kier alpha value is -3.52. The van der Waals surface area contributed by atoms with Gasteiger partial charge in [-0.05, 0) is 60.3 Å². The lowest BCUT2D eigenvalue weighted by Gasteiger charge is -2.28. The zero-order valence-electron chi connectivity index (χ0n) is 15.5. The normalized spacial score (nSPS) is 15.3. The van der Waals surface area contributed by atoms with Gasteiger partial charge in [0.2, 0.25) is 0 Å². The van der Waals surface area contributed by atoms with Crippen molar-refractivity contribution in [1.29, 1.82) is 0 Å². The van der Waals surface area contributed by atoms with Gasteiger partial charge < -0.3 is 9.47 Å². The number of anilines is 1. The maximum absolute atomic E-state index is 13.2. The van der Waals surface area contributed by atoms with E-state index >= 15 is 0 Å².